The first-order valence-electron chi connectivity index (χ1n) is 9.28. The number of nitrogens with zero attached hydrogens (tertiary/aromatic N) is 1. The molecule has 0 bridgehead atoms. The van der Waals surface area contributed by atoms with Gasteiger partial charge in [-0.25, -0.2) is 4.79 Å². The maximum atomic E-state index is 13.6. The number of aromatic nitrogens is 1. The Morgan fingerprint density at radius 3 is 2.30 bits per heavy atom. The van der Waals surface area contributed by atoms with E-state index >= 15 is 0 Å². The van der Waals surface area contributed by atoms with Crippen molar-refractivity contribution in [3.05, 3.63) is 34.0 Å². The Hall–Kier alpha value is -3.62. The van der Waals surface area contributed by atoms with Crippen LogP contribution in [0.25, 0.3) is 21.8 Å². The molecule has 2 unspecified atom stereocenters. The van der Waals surface area contributed by atoms with E-state index in [1.54, 1.807) is 18.2 Å². The molecule has 0 amide bonds. The number of hydrogen-bond donors (Lipinski definition) is 0. The highest BCUT2D eigenvalue weighted by molar-refractivity contribution is 6.03. The molecule has 1 fully saturated rings. The molecule has 0 spiro atoms. The van der Waals surface area contributed by atoms with Gasteiger partial charge in [-0.2, -0.15) is 0 Å². The van der Waals surface area contributed by atoms with Crippen molar-refractivity contribution in [1.29, 1.82) is 0 Å². The molecule has 9 nitrogen and oxygen atoms in total. The topological polar surface area (TPSA) is 94.5 Å². The monoisotopic (exact) mass is 413 g/mol. The highest BCUT2D eigenvalue weighted by Gasteiger charge is 2.46. The highest BCUT2D eigenvalue weighted by Crippen LogP contribution is 2.53. The van der Waals surface area contributed by atoms with Crippen LogP contribution >= 0.6 is 0 Å². The summed E-state index contributed by atoms with van der Waals surface area (Å²) in [7, 11) is 5.93. The van der Waals surface area contributed by atoms with E-state index in [4.69, 9.17) is 28.4 Å². The molecule has 2 aliphatic rings. The van der Waals surface area contributed by atoms with Gasteiger partial charge in [0.25, 0.3) is 0 Å². The van der Waals surface area contributed by atoms with Crippen molar-refractivity contribution < 1.29 is 33.2 Å². The van der Waals surface area contributed by atoms with Gasteiger partial charge in [-0.15, -0.1) is 0 Å². The van der Waals surface area contributed by atoms with Crippen LogP contribution in [0, 0.1) is 0 Å². The van der Waals surface area contributed by atoms with Gasteiger partial charge in [0.15, 0.2) is 23.7 Å². The van der Waals surface area contributed by atoms with Gasteiger partial charge in [-0.1, -0.05) is 6.07 Å². The normalized spacial score (nSPS) is 19.3. The lowest BCUT2D eigenvalue weighted by Crippen LogP contribution is -2.30. The van der Waals surface area contributed by atoms with Crippen molar-refractivity contribution in [3.8, 4) is 23.0 Å². The van der Waals surface area contributed by atoms with Crippen molar-refractivity contribution >= 4 is 28.0 Å². The number of carbonyl (C=O) groups excluding carboxylic acids is 1. The maximum absolute atomic E-state index is 13.6. The van der Waals surface area contributed by atoms with Crippen LogP contribution in [-0.2, 0) is 16.0 Å². The minimum absolute atomic E-state index is 0.247. The van der Waals surface area contributed by atoms with Crippen molar-refractivity contribution in [1.82, 2.24) is 4.57 Å². The quantitative estimate of drug-likeness (QED) is 0.476. The highest BCUT2D eigenvalue weighted by atomic mass is 16.8. The molecule has 5 rings (SSSR count). The molecule has 2 aliphatic heterocycles. The molecule has 0 N–H and O–H groups in total. The number of carbonyl (C=O) groups is 1. The van der Waals surface area contributed by atoms with E-state index in [1.807, 2.05) is 4.57 Å². The third-order valence-corrected chi connectivity index (χ3v) is 5.67. The lowest BCUT2D eigenvalue weighted by molar-refractivity contribution is 0.114. The molecule has 0 saturated carbocycles. The summed E-state index contributed by atoms with van der Waals surface area (Å²) in [6.07, 6.45) is -2.13. The van der Waals surface area contributed by atoms with Crippen LogP contribution in [0.5, 0.6) is 23.0 Å². The number of pyridine rings is 1. The fourth-order valence-corrected chi connectivity index (χ4v) is 4.55. The van der Waals surface area contributed by atoms with E-state index in [0.29, 0.717) is 38.9 Å². The number of fused-ring (bicyclic) bond motifs is 4. The summed E-state index contributed by atoms with van der Waals surface area (Å²) >= 11 is 0. The average Bonchev–Trinajstić information content (AvgIpc) is 3.14. The van der Waals surface area contributed by atoms with E-state index in [0.717, 1.165) is 0 Å². The summed E-state index contributed by atoms with van der Waals surface area (Å²) in [5, 5.41) is 0.759. The van der Waals surface area contributed by atoms with E-state index in [9.17, 15) is 9.59 Å². The van der Waals surface area contributed by atoms with E-state index in [2.05, 4.69) is 0 Å². The number of rotatable bonds is 4. The van der Waals surface area contributed by atoms with Crippen LogP contribution in [0.1, 0.15) is 11.7 Å². The summed E-state index contributed by atoms with van der Waals surface area (Å²) in [5.41, 5.74) is 1.37. The summed E-state index contributed by atoms with van der Waals surface area (Å²) in [6, 6.07) is 5.25. The Kier molecular flexibility index (Phi) is 3.96. The SMILES string of the molecule is COc1c(OC)c2c3c(c1OC)c(=O)c1cccc(OC)c1n3CC1OC(=O)OC21. The zero-order valence-electron chi connectivity index (χ0n) is 16.8. The zero-order chi connectivity index (χ0) is 21.2. The van der Waals surface area contributed by atoms with Gasteiger partial charge in [0.1, 0.15) is 5.75 Å². The Bertz CT molecular complexity index is 1280. The van der Waals surface area contributed by atoms with Crippen LogP contribution in [0.3, 0.4) is 0 Å². The molecule has 1 aromatic heterocycles. The van der Waals surface area contributed by atoms with Crippen LogP contribution < -0.4 is 24.4 Å². The molecule has 3 heterocycles. The standard InChI is InChI=1S/C21H19NO8/c1-25-10-7-5-6-9-14(10)22-8-11-17(30-21(24)29-11)13-15(22)12(16(9)23)18(26-2)20(28-4)19(13)27-3/h5-7,11,17H,8H2,1-4H3. The number of ether oxygens (including phenoxy) is 6. The second kappa shape index (κ2) is 6.45. The maximum Gasteiger partial charge on any atom is 0.509 e. The Labute approximate surface area is 170 Å². The molecule has 2 aromatic carbocycles. The molecule has 2 atom stereocenters. The van der Waals surface area contributed by atoms with Gasteiger partial charge >= 0.3 is 6.16 Å². The molecule has 156 valence electrons. The first-order chi connectivity index (χ1) is 14.5. The van der Waals surface area contributed by atoms with Gasteiger partial charge < -0.3 is 33.0 Å². The molecular formula is C21H19NO8. The molecule has 9 heteroatoms. The average molecular weight is 413 g/mol. The third-order valence-electron chi connectivity index (χ3n) is 5.67. The Morgan fingerprint density at radius 2 is 1.63 bits per heavy atom. The van der Waals surface area contributed by atoms with Gasteiger partial charge in [-0.05, 0) is 12.1 Å². The lowest BCUT2D eigenvalue weighted by atomic mass is 9.92. The van der Waals surface area contributed by atoms with E-state index in [-0.39, 0.29) is 23.5 Å². The summed E-state index contributed by atoms with van der Waals surface area (Å²) in [4.78, 5) is 25.6. The minimum atomic E-state index is -0.776. The van der Waals surface area contributed by atoms with Crippen LogP contribution in [0.2, 0.25) is 0 Å². The first kappa shape index (κ1) is 18.4. The number of methoxy groups -OCH3 is 4. The lowest BCUT2D eigenvalue weighted by Gasteiger charge is -2.31. The van der Waals surface area contributed by atoms with E-state index in [1.165, 1.54) is 28.4 Å². The van der Waals surface area contributed by atoms with Crippen molar-refractivity contribution in [2.45, 2.75) is 18.8 Å². The van der Waals surface area contributed by atoms with Gasteiger partial charge in [0.2, 0.25) is 11.2 Å². The first-order valence-corrected chi connectivity index (χ1v) is 9.28. The number of para-hydroxylation sites is 1. The molecule has 1 saturated heterocycles. The minimum Gasteiger partial charge on any atom is -0.495 e. The third kappa shape index (κ3) is 2.17. The molecular weight excluding hydrogens is 394 g/mol. The smallest absolute Gasteiger partial charge is 0.495 e. The fraction of sp³-hybridized carbons (Fsp3) is 0.333. The zero-order valence-corrected chi connectivity index (χ0v) is 16.8. The number of benzene rings is 2. The van der Waals surface area contributed by atoms with Gasteiger partial charge in [0.05, 0.1) is 62.4 Å². The Morgan fingerprint density at radius 1 is 0.900 bits per heavy atom. The van der Waals surface area contributed by atoms with Crippen LogP contribution in [0.4, 0.5) is 4.79 Å². The summed E-state index contributed by atoms with van der Waals surface area (Å²) in [5.74, 6) is 1.34. The van der Waals surface area contributed by atoms with Crippen molar-refractivity contribution in [2.75, 3.05) is 28.4 Å². The van der Waals surface area contributed by atoms with Crippen LogP contribution in [0.15, 0.2) is 23.0 Å². The second-order valence-electron chi connectivity index (χ2n) is 6.98. The molecule has 0 radical (unpaired) electrons. The van der Waals surface area contributed by atoms with E-state index < -0.39 is 18.4 Å². The van der Waals surface area contributed by atoms with Gasteiger partial charge in [-0.3, -0.25) is 4.79 Å². The second-order valence-corrected chi connectivity index (χ2v) is 6.98. The predicted molar refractivity (Wildman–Crippen MR) is 106 cm³/mol. The summed E-state index contributed by atoms with van der Waals surface area (Å²) in [6.45, 7) is 0.274. The van der Waals surface area contributed by atoms with Crippen LogP contribution in [-0.4, -0.2) is 45.3 Å². The largest absolute Gasteiger partial charge is 0.509 e. The Balaban J connectivity index is 2.09. The molecule has 30 heavy (non-hydrogen) atoms. The van der Waals surface area contributed by atoms with Crippen molar-refractivity contribution in [2.24, 2.45) is 0 Å². The number of hydrogen-bond acceptors (Lipinski definition) is 8. The summed E-state index contributed by atoms with van der Waals surface area (Å²) < 4.78 is 35.1. The molecule has 0 aliphatic carbocycles. The van der Waals surface area contributed by atoms with Crippen molar-refractivity contribution in [3.63, 3.8) is 0 Å². The molecule has 3 aromatic rings. The predicted octanol–water partition coefficient (Wildman–Crippen LogP) is 2.78. The fourth-order valence-electron chi connectivity index (χ4n) is 4.55. The van der Waals surface area contributed by atoms with Gasteiger partial charge in [0, 0.05) is 0 Å².